The van der Waals surface area contributed by atoms with Crippen molar-refractivity contribution in [2.45, 2.75) is 58.3 Å². The van der Waals surface area contributed by atoms with E-state index in [4.69, 9.17) is 0 Å². The Morgan fingerprint density at radius 2 is 1.61 bits per heavy atom. The zero-order valence-corrected chi connectivity index (χ0v) is 22.3. The molecule has 0 aliphatic heterocycles. The van der Waals surface area contributed by atoms with E-state index in [-0.39, 0.29) is 10.3 Å². The first kappa shape index (κ1) is 25.4. The molecular weight excluding hydrogens is 470 g/mol. The Morgan fingerprint density at radius 3 is 2.25 bits per heavy atom. The summed E-state index contributed by atoms with van der Waals surface area (Å²) in [5.74, 6) is 0. The molecule has 0 fully saturated rings. The highest BCUT2D eigenvalue weighted by molar-refractivity contribution is 7.92. The summed E-state index contributed by atoms with van der Waals surface area (Å²) < 4.78 is 29.2. The second kappa shape index (κ2) is 9.78. The van der Waals surface area contributed by atoms with Gasteiger partial charge in [-0.3, -0.25) is 14.7 Å². The summed E-state index contributed by atoms with van der Waals surface area (Å²) in [7, 11) is -3.81. The van der Waals surface area contributed by atoms with Crippen molar-refractivity contribution >= 4 is 15.7 Å². The number of hydrogen-bond donors (Lipinski definition) is 1. The molecule has 3 heterocycles. The van der Waals surface area contributed by atoms with Crippen molar-refractivity contribution < 1.29 is 8.42 Å². The van der Waals surface area contributed by atoms with Crippen molar-refractivity contribution in [3.8, 4) is 22.4 Å². The Morgan fingerprint density at radius 1 is 0.889 bits per heavy atom. The van der Waals surface area contributed by atoms with E-state index in [1.165, 1.54) is 0 Å². The lowest BCUT2D eigenvalue weighted by atomic mass is 9.87. The second-order valence-corrected chi connectivity index (χ2v) is 11.5. The molecule has 4 aromatic rings. The van der Waals surface area contributed by atoms with Crippen LogP contribution >= 0.6 is 0 Å². The summed E-state index contributed by atoms with van der Waals surface area (Å²) in [6, 6.07) is 12.7. The summed E-state index contributed by atoms with van der Waals surface area (Å²) in [5, 5.41) is 0. The molecule has 0 bridgehead atoms. The molecule has 0 amide bonds. The number of hydrogen-bond acceptors (Lipinski definition) is 6. The first-order valence-corrected chi connectivity index (χ1v) is 13.3. The van der Waals surface area contributed by atoms with Crippen LogP contribution in [-0.4, -0.2) is 28.4 Å². The van der Waals surface area contributed by atoms with E-state index in [1.54, 1.807) is 43.8 Å². The van der Waals surface area contributed by atoms with Gasteiger partial charge in [-0.15, -0.1) is 0 Å². The molecular formula is C28H31N5O2S. The molecule has 0 unspecified atom stereocenters. The van der Waals surface area contributed by atoms with Gasteiger partial charge >= 0.3 is 0 Å². The van der Waals surface area contributed by atoms with Gasteiger partial charge in [-0.1, -0.05) is 39.8 Å². The third-order valence-corrected chi connectivity index (χ3v) is 7.46. The van der Waals surface area contributed by atoms with Crippen molar-refractivity contribution in [3.05, 3.63) is 83.8 Å². The molecule has 8 heteroatoms. The quantitative estimate of drug-likeness (QED) is 0.354. The van der Waals surface area contributed by atoms with Crippen molar-refractivity contribution in [3.63, 3.8) is 0 Å². The molecule has 1 N–H and O–H groups in total. The third-order valence-electron chi connectivity index (χ3n) is 6.08. The minimum atomic E-state index is -3.81. The number of nitrogens with zero attached hydrogens (tertiary/aromatic N) is 4. The summed E-state index contributed by atoms with van der Waals surface area (Å²) in [5.41, 5.74) is 6.95. The molecule has 0 aliphatic carbocycles. The van der Waals surface area contributed by atoms with Crippen LogP contribution in [0.2, 0.25) is 0 Å². The Kier molecular flexibility index (Phi) is 6.91. The lowest BCUT2D eigenvalue weighted by Crippen LogP contribution is -2.16. The first-order valence-electron chi connectivity index (χ1n) is 11.9. The number of anilines is 1. The van der Waals surface area contributed by atoms with Crippen LogP contribution in [0.3, 0.4) is 0 Å². The van der Waals surface area contributed by atoms with E-state index in [2.05, 4.69) is 45.4 Å². The lowest BCUT2D eigenvalue weighted by molar-refractivity contribution is 0.587. The largest absolute Gasteiger partial charge is 0.278 e. The standard InChI is InChI=1S/C28H31N5O2S/c1-7-24-26(27(32-17-31-24)20-12-13-29-18(2)14-20)21-15-25(19(3)30-16-21)33-36(34,35)23-10-8-22(9-11-23)28(4,5)6/h8-17,33H,7H2,1-6H3. The van der Waals surface area contributed by atoms with Gasteiger partial charge < -0.3 is 0 Å². The van der Waals surface area contributed by atoms with E-state index >= 15 is 0 Å². The topological polar surface area (TPSA) is 97.7 Å². The molecule has 0 aliphatic rings. The van der Waals surface area contributed by atoms with Gasteiger partial charge in [0.15, 0.2) is 0 Å². The van der Waals surface area contributed by atoms with Crippen molar-refractivity contribution in [1.29, 1.82) is 0 Å². The fraction of sp³-hybridized carbons (Fsp3) is 0.286. The molecule has 4 rings (SSSR count). The minimum absolute atomic E-state index is 0.0651. The summed E-state index contributed by atoms with van der Waals surface area (Å²) in [4.78, 5) is 18.1. The highest BCUT2D eigenvalue weighted by Crippen LogP contribution is 2.35. The SMILES string of the molecule is CCc1ncnc(-c2ccnc(C)c2)c1-c1cnc(C)c(NS(=O)(=O)c2ccc(C(C)(C)C)cc2)c1. The van der Waals surface area contributed by atoms with Crippen LogP contribution in [0.25, 0.3) is 22.4 Å². The van der Waals surface area contributed by atoms with Gasteiger partial charge in [0, 0.05) is 34.8 Å². The van der Waals surface area contributed by atoms with Crippen LogP contribution in [0.1, 0.15) is 50.3 Å². The number of aromatic nitrogens is 4. The fourth-order valence-corrected chi connectivity index (χ4v) is 5.12. The smallest absolute Gasteiger partial charge is 0.261 e. The van der Waals surface area contributed by atoms with Crippen molar-refractivity contribution in [2.75, 3.05) is 4.72 Å². The van der Waals surface area contributed by atoms with E-state index in [0.717, 1.165) is 39.3 Å². The monoisotopic (exact) mass is 501 g/mol. The maximum atomic E-state index is 13.2. The molecule has 0 spiro atoms. The van der Waals surface area contributed by atoms with Crippen LogP contribution < -0.4 is 4.72 Å². The number of aryl methyl sites for hydroxylation is 3. The highest BCUT2D eigenvalue weighted by Gasteiger charge is 2.21. The number of sulfonamides is 1. The van der Waals surface area contributed by atoms with Crippen LogP contribution in [0.4, 0.5) is 5.69 Å². The van der Waals surface area contributed by atoms with E-state index < -0.39 is 10.0 Å². The van der Waals surface area contributed by atoms with Gasteiger partial charge in [-0.05, 0) is 61.6 Å². The molecule has 0 saturated heterocycles. The zero-order chi connectivity index (χ0) is 26.1. The Balaban J connectivity index is 1.77. The van der Waals surface area contributed by atoms with Gasteiger partial charge in [-0.2, -0.15) is 0 Å². The van der Waals surface area contributed by atoms with E-state index in [9.17, 15) is 8.42 Å². The predicted octanol–water partition coefficient (Wildman–Crippen LogP) is 5.88. The molecule has 36 heavy (non-hydrogen) atoms. The Labute approximate surface area is 213 Å². The maximum absolute atomic E-state index is 13.2. The third kappa shape index (κ3) is 5.28. The van der Waals surface area contributed by atoms with Gasteiger partial charge in [-0.25, -0.2) is 18.4 Å². The molecule has 0 atom stereocenters. The van der Waals surface area contributed by atoms with E-state index in [1.807, 2.05) is 38.1 Å². The van der Waals surface area contributed by atoms with Crippen molar-refractivity contribution in [2.24, 2.45) is 0 Å². The second-order valence-electron chi connectivity index (χ2n) is 9.82. The number of benzene rings is 1. The fourth-order valence-electron chi connectivity index (χ4n) is 4.02. The average molecular weight is 502 g/mol. The number of pyridine rings is 2. The zero-order valence-electron chi connectivity index (χ0n) is 21.5. The van der Waals surface area contributed by atoms with Gasteiger partial charge in [0.1, 0.15) is 6.33 Å². The normalized spacial score (nSPS) is 11.9. The van der Waals surface area contributed by atoms with Gasteiger partial charge in [0.05, 0.1) is 27.7 Å². The minimum Gasteiger partial charge on any atom is -0.278 e. The predicted molar refractivity (Wildman–Crippen MR) is 143 cm³/mol. The molecule has 7 nitrogen and oxygen atoms in total. The molecule has 1 aromatic carbocycles. The Bertz CT molecular complexity index is 1510. The maximum Gasteiger partial charge on any atom is 0.261 e. The summed E-state index contributed by atoms with van der Waals surface area (Å²) in [6.07, 6.45) is 5.73. The van der Waals surface area contributed by atoms with Crippen LogP contribution in [0.5, 0.6) is 0 Å². The molecule has 186 valence electrons. The van der Waals surface area contributed by atoms with Crippen LogP contribution in [0.15, 0.2) is 66.1 Å². The van der Waals surface area contributed by atoms with Crippen LogP contribution in [-0.2, 0) is 21.9 Å². The first-order chi connectivity index (χ1) is 17.0. The van der Waals surface area contributed by atoms with Gasteiger partial charge in [0.2, 0.25) is 0 Å². The molecule has 3 aromatic heterocycles. The summed E-state index contributed by atoms with van der Waals surface area (Å²) in [6.45, 7) is 12.0. The molecule has 0 saturated carbocycles. The van der Waals surface area contributed by atoms with Gasteiger partial charge in [0.25, 0.3) is 10.0 Å². The highest BCUT2D eigenvalue weighted by atomic mass is 32.2. The number of rotatable bonds is 6. The average Bonchev–Trinajstić information content (AvgIpc) is 2.84. The number of nitrogens with one attached hydrogen (secondary N) is 1. The molecule has 0 radical (unpaired) electrons. The van der Waals surface area contributed by atoms with E-state index in [0.29, 0.717) is 17.8 Å². The lowest BCUT2D eigenvalue weighted by Gasteiger charge is -2.19. The van der Waals surface area contributed by atoms with Crippen molar-refractivity contribution in [1.82, 2.24) is 19.9 Å². The van der Waals surface area contributed by atoms with Crippen LogP contribution in [0, 0.1) is 13.8 Å². The summed E-state index contributed by atoms with van der Waals surface area (Å²) >= 11 is 0. The Hall–Kier alpha value is -3.65.